The van der Waals surface area contributed by atoms with Crippen LogP contribution in [-0.2, 0) is 4.79 Å². The minimum Gasteiger partial charge on any atom is -0.299 e. The minimum atomic E-state index is 0.223. The Morgan fingerprint density at radius 3 is 2.31 bits per heavy atom. The average Bonchev–Trinajstić information content (AvgIpc) is 2.00. The van der Waals surface area contributed by atoms with Gasteiger partial charge in [-0.2, -0.15) is 0 Å². The highest BCUT2D eigenvalue weighted by molar-refractivity contribution is 8.01. The SMILES string of the molecule is CCCCCC(=O)CSC(C)(C)C. The maximum Gasteiger partial charge on any atom is 0.142 e. The van der Waals surface area contributed by atoms with Gasteiger partial charge in [0.15, 0.2) is 0 Å². The van der Waals surface area contributed by atoms with Crippen molar-refractivity contribution in [3.8, 4) is 0 Å². The zero-order valence-corrected chi connectivity index (χ0v) is 10.2. The summed E-state index contributed by atoms with van der Waals surface area (Å²) in [6.07, 6.45) is 4.22. The maximum absolute atomic E-state index is 11.3. The summed E-state index contributed by atoms with van der Waals surface area (Å²) in [6, 6.07) is 0. The Hall–Kier alpha value is 0.0200. The third-order valence-electron chi connectivity index (χ3n) is 1.73. The highest BCUT2D eigenvalue weighted by atomic mass is 32.2. The van der Waals surface area contributed by atoms with Gasteiger partial charge in [0, 0.05) is 11.2 Å². The van der Waals surface area contributed by atoms with Crippen molar-refractivity contribution in [2.45, 2.75) is 58.1 Å². The van der Waals surface area contributed by atoms with Crippen molar-refractivity contribution in [1.29, 1.82) is 0 Å². The largest absolute Gasteiger partial charge is 0.299 e. The monoisotopic (exact) mass is 202 g/mol. The lowest BCUT2D eigenvalue weighted by molar-refractivity contribution is -0.116. The summed E-state index contributed by atoms with van der Waals surface area (Å²) in [5.74, 6) is 1.10. The fourth-order valence-corrected chi connectivity index (χ4v) is 1.68. The van der Waals surface area contributed by atoms with Crippen LogP contribution in [0, 0.1) is 0 Å². The van der Waals surface area contributed by atoms with Gasteiger partial charge in [-0.25, -0.2) is 0 Å². The van der Waals surface area contributed by atoms with Gasteiger partial charge in [-0.05, 0) is 6.42 Å². The van der Waals surface area contributed by atoms with Crippen LogP contribution >= 0.6 is 11.8 Å². The molecule has 0 aliphatic heterocycles. The molecule has 13 heavy (non-hydrogen) atoms. The molecule has 0 atom stereocenters. The smallest absolute Gasteiger partial charge is 0.142 e. The molecule has 1 nitrogen and oxygen atoms in total. The first-order chi connectivity index (χ1) is 5.95. The fraction of sp³-hybridized carbons (Fsp3) is 0.909. The van der Waals surface area contributed by atoms with Crippen molar-refractivity contribution in [2.24, 2.45) is 0 Å². The van der Waals surface area contributed by atoms with Gasteiger partial charge in [0.2, 0.25) is 0 Å². The molecule has 0 spiro atoms. The number of ketones is 1. The van der Waals surface area contributed by atoms with Gasteiger partial charge in [-0.3, -0.25) is 4.79 Å². The first kappa shape index (κ1) is 13.0. The molecule has 78 valence electrons. The van der Waals surface area contributed by atoms with E-state index < -0.39 is 0 Å². The van der Waals surface area contributed by atoms with Gasteiger partial charge in [-0.15, -0.1) is 11.8 Å². The minimum absolute atomic E-state index is 0.223. The second kappa shape index (κ2) is 6.47. The Kier molecular flexibility index (Phi) is 6.48. The van der Waals surface area contributed by atoms with Crippen LogP contribution in [0.2, 0.25) is 0 Å². The molecule has 0 bridgehead atoms. The zero-order valence-electron chi connectivity index (χ0n) is 9.35. The Balaban J connectivity index is 3.41. The van der Waals surface area contributed by atoms with Crippen molar-refractivity contribution in [1.82, 2.24) is 0 Å². The quantitative estimate of drug-likeness (QED) is 0.611. The van der Waals surface area contributed by atoms with E-state index in [0.29, 0.717) is 11.5 Å². The van der Waals surface area contributed by atoms with Crippen LogP contribution in [0.1, 0.15) is 53.4 Å². The van der Waals surface area contributed by atoms with E-state index in [1.165, 1.54) is 12.8 Å². The highest BCUT2D eigenvalue weighted by Crippen LogP contribution is 2.23. The first-order valence-corrected chi connectivity index (χ1v) is 6.10. The Bertz CT molecular complexity index is 147. The standard InChI is InChI=1S/C11H22OS/c1-5-6-7-8-10(12)9-13-11(2,3)4/h5-9H2,1-4H3. The van der Waals surface area contributed by atoms with E-state index in [1.807, 2.05) is 0 Å². The lowest BCUT2D eigenvalue weighted by Crippen LogP contribution is -2.12. The summed E-state index contributed by atoms with van der Waals surface area (Å²) in [6.45, 7) is 8.61. The number of carbonyl (C=O) groups excluding carboxylic acids is 1. The second-order valence-corrected chi connectivity index (χ2v) is 6.20. The third kappa shape index (κ3) is 9.94. The molecule has 0 radical (unpaired) electrons. The van der Waals surface area contributed by atoms with Gasteiger partial charge < -0.3 is 0 Å². The molecule has 0 aliphatic rings. The number of Topliss-reactive ketones (excluding diaryl/α,β-unsaturated/α-hetero) is 1. The Morgan fingerprint density at radius 1 is 1.23 bits per heavy atom. The van der Waals surface area contributed by atoms with Crippen molar-refractivity contribution in [3.05, 3.63) is 0 Å². The van der Waals surface area contributed by atoms with E-state index in [-0.39, 0.29) is 4.75 Å². The first-order valence-electron chi connectivity index (χ1n) is 5.11. The Morgan fingerprint density at radius 2 is 1.85 bits per heavy atom. The van der Waals surface area contributed by atoms with Gasteiger partial charge in [0.25, 0.3) is 0 Å². The molecule has 0 aromatic heterocycles. The number of hydrogen-bond donors (Lipinski definition) is 0. The van der Waals surface area contributed by atoms with Gasteiger partial charge >= 0.3 is 0 Å². The summed E-state index contributed by atoms with van der Waals surface area (Å²) >= 11 is 1.75. The molecule has 0 amide bonds. The predicted molar refractivity (Wildman–Crippen MR) is 61.4 cm³/mol. The Labute approximate surface area is 86.7 Å². The van der Waals surface area contributed by atoms with E-state index in [4.69, 9.17) is 0 Å². The molecule has 0 aromatic rings. The third-order valence-corrected chi connectivity index (χ3v) is 3.06. The highest BCUT2D eigenvalue weighted by Gasteiger charge is 2.12. The van der Waals surface area contributed by atoms with E-state index in [1.54, 1.807) is 11.8 Å². The molecule has 0 fully saturated rings. The van der Waals surface area contributed by atoms with E-state index in [9.17, 15) is 4.79 Å². The van der Waals surface area contributed by atoms with Crippen molar-refractivity contribution in [2.75, 3.05) is 5.75 Å². The number of carbonyl (C=O) groups is 1. The van der Waals surface area contributed by atoms with Crippen LogP contribution in [0.15, 0.2) is 0 Å². The molecule has 0 saturated heterocycles. The molecule has 0 saturated carbocycles. The molecule has 2 heteroatoms. The molecule has 0 rings (SSSR count). The van der Waals surface area contributed by atoms with E-state index in [0.717, 1.165) is 12.8 Å². The molecule has 0 N–H and O–H groups in total. The summed E-state index contributed by atoms with van der Waals surface area (Å²) in [7, 11) is 0. The van der Waals surface area contributed by atoms with Crippen LogP contribution in [0.3, 0.4) is 0 Å². The number of rotatable bonds is 6. The maximum atomic E-state index is 11.3. The average molecular weight is 202 g/mol. The van der Waals surface area contributed by atoms with Crippen molar-refractivity contribution >= 4 is 17.5 Å². The zero-order chi connectivity index (χ0) is 10.3. The summed E-state index contributed by atoms with van der Waals surface area (Å²) in [5, 5.41) is 0. The fourth-order valence-electron chi connectivity index (χ4n) is 0.941. The van der Waals surface area contributed by atoms with Crippen LogP contribution < -0.4 is 0 Å². The molecule has 0 aliphatic carbocycles. The van der Waals surface area contributed by atoms with Crippen molar-refractivity contribution < 1.29 is 4.79 Å². The normalized spacial score (nSPS) is 11.7. The second-order valence-electron chi connectivity index (χ2n) is 4.40. The lowest BCUT2D eigenvalue weighted by atomic mass is 10.2. The predicted octanol–water partition coefficient (Wildman–Crippen LogP) is 3.67. The topological polar surface area (TPSA) is 17.1 Å². The van der Waals surface area contributed by atoms with Crippen molar-refractivity contribution in [3.63, 3.8) is 0 Å². The summed E-state index contributed by atoms with van der Waals surface area (Å²) in [4.78, 5) is 11.3. The molecule has 0 heterocycles. The lowest BCUT2D eigenvalue weighted by Gasteiger charge is -2.16. The summed E-state index contributed by atoms with van der Waals surface area (Å²) < 4.78 is 0.223. The number of unbranched alkanes of at least 4 members (excludes halogenated alkanes) is 2. The summed E-state index contributed by atoms with van der Waals surface area (Å²) in [5.41, 5.74) is 0. The van der Waals surface area contributed by atoms with Gasteiger partial charge in [-0.1, -0.05) is 40.5 Å². The molecule has 0 unspecified atom stereocenters. The van der Waals surface area contributed by atoms with Gasteiger partial charge in [0.1, 0.15) is 5.78 Å². The van der Waals surface area contributed by atoms with Crippen LogP contribution in [-0.4, -0.2) is 16.3 Å². The van der Waals surface area contributed by atoms with Crippen LogP contribution in [0.25, 0.3) is 0 Å². The van der Waals surface area contributed by atoms with E-state index in [2.05, 4.69) is 27.7 Å². The molecular formula is C11H22OS. The number of hydrogen-bond acceptors (Lipinski definition) is 2. The van der Waals surface area contributed by atoms with Gasteiger partial charge in [0.05, 0.1) is 5.75 Å². The molecular weight excluding hydrogens is 180 g/mol. The van der Waals surface area contributed by atoms with Crippen LogP contribution in [0.4, 0.5) is 0 Å². The van der Waals surface area contributed by atoms with E-state index >= 15 is 0 Å². The molecule has 0 aromatic carbocycles. The number of thioether (sulfide) groups is 1. The van der Waals surface area contributed by atoms with Crippen LogP contribution in [0.5, 0.6) is 0 Å².